The van der Waals surface area contributed by atoms with E-state index in [1.165, 1.54) is 11.3 Å². The van der Waals surface area contributed by atoms with Crippen molar-refractivity contribution in [3.05, 3.63) is 59.4 Å². The molecule has 0 bridgehead atoms. The summed E-state index contributed by atoms with van der Waals surface area (Å²) in [6.07, 6.45) is 0. The highest BCUT2D eigenvalue weighted by Gasteiger charge is 2.20. The van der Waals surface area contributed by atoms with Crippen molar-refractivity contribution in [3.8, 4) is 5.75 Å². The van der Waals surface area contributed by atoms with Crippen molar-refractivity contribution < 1.29 is 9.30 Å². The van der Waals surface area contributed by atoms with Crippen LogP contribution >= 0.6 is 11.6 Å². The second kappa shape index (κ2) is 6.41. The second-order valence-corrected chi connectivity index (χ2v) is 6.07. The number of H-pyrrole nitrogens is 1. The zero-order chi connectivity index (χ0) is 15.5. The van der Waals surface area contributed by atoms with Gasteiger partial charge in [-0.15, -0.1) is 0 Å². The van der Waals surface area contributed by atoms with Crippen molar-refractivity contribution in [2.45, 2.75) is 26.3 Å². The highest BCUT2D eigenvalue weighted by Crippen LogP contribution is 2.17. The summed E-state index contributed by atoms with van der Waals surface area (Å²) >= 11 is 5.88. The highest BCUT2D eigenvalue weighted by molar-refractivity contribution is 6.30. The molecule has 0 saturated heterocycles. The number of aromatic amines is 1. The second-order valence-electron chi connectivity index (χ2n) is 5.64. The third-order valence-corrected chi connectivity index (χ3v) is 3.94. The molecule has 0 radical (unpaired) electrons. The Morgan fingerprint density at radius 2 is 1.82 bits per heavy atom. The van der Waals surface area contributed by atoms with Crippen molar-refractivity contribution in [2.24, 2.45) is 0 Å². The molecule has 4 heteroatoms. The lowest BCUT2D eigenvalue weighted by molar-refractivity contribution is -0.680. The van der Waals surface area contributed by atoms with Crippen molar-refractivity contribution >= 4 is 22.6 Å². The Labute approximate surface area is 135 Å². The van der Waals surface area contributed by atoms with Gasteiger partial charge in [0.2, 0.25) is 0 Å². The monoisotopic (exact) mass is 315 g/mol. The van der Waals surface area contributed by atoms with Crippen LogP contribution in [0.4, 0.5) is 0 Å². The standard InChI is InChI=1S/C18H19ClN2O/c1-13(2)18-20-16-5-3-4-6-17(16)21(18)11-12-22-15-9-7-14(19)8-10-15/h3-10,13H,11-12H2,1-2H3/p+1. The van der Waals surface area contributed by atoms with E-state index >= 15 is 0 Å². The van der Waals surface area contributed by atoms with Gasteiger partial charge in [-0.1, -0.05) is 37.6 Å². The Bertz CT molecular complexity index is 762. The third-order valence-electron chi connectivity index (χ3n) is 3.69. The lowest BCUT2D eigenvalue weighted by atomic mass is 10.2. The Hall–Kier alpha value is -2.00. The van der Waals surface area contributed by atoms with Gasteiger partial charge in [-0.05, 0) is 36.4 Å². The first-order valence-electron chi connectivity index (χ1n) is 7.54. The number of nitrogens with one attached hydrogen (secondary N) is 1. The van der Waals surface area contributed by atoms with Crippen LogP contribution in [-0.4, -0.2) is 11.6 Å². The van der Waals surface area contributed by atoms with Gasteiger partial charge in [0, 0.05) is 5.02 Å². The number of nitrogens with zero attached hydrogens (tertiary/aromatic N) is 1. The summed E-state index contributed by atoms with van der Waals surface area (Å²) in [7, 11) is 0. The van der Waals surface area contributed by atoms with Crippen LogP contribution in [0.15, 0.2) is 48.5 Å². The predicted molar refractivity (Wildman–Crippen MR) is 89.5 cm³/mol. The van der Waals surface area contributed by atoms with Crippen LogP contribution in [0.2, 0.25) is 5.02 Å². The molecule has 0 atom stereocenters. The molecule has 0 fully saturated rings. The fourth-order valence-electron chi connectivity index (χ4n) is 2.63. The lowest BCUT2D eigenvalue weighted by Crippen LogP contribution is -2.40. The number of imidazole rings is 1. The minimum absolute atomic E-state index is 0.433. The Kier molecular flexibility index (Phi) is 4.34. The summed E-state index contributed by atoms with van der Waals surface area (Å²) in [5.74, 6) is 2.50. The summed E-state index contributed by atoms with van der Waals surface area (Å²) in [4.78, 5) is 3.51. The van der Waals surface area contributed by atoms with Crippen LogP contribution in [0.1, 0.15) is 25.6 Å². The molecular weight excluding hydrogens is 296 g/mol. The molecule has 0 aliphatic heterocycles. The fourth-order valence-corrected chi connectivity index (χ4v) is 2.76. The van der Waals surface area contributed by atoms with E-state index in [4.69, 9.17) is 16.3 Å². The van der Waals surface area contributed by atoms with Gasteiger partial charge < -0.3 is 4.74 Å². The summed E-state index contributed by atoms with van der Waals surface area (Å²) in [6.45, 7) is 5.82. The molecule has 1 aromatic heterocycles. The van der Waals surface area contributed by atoms with Gasteiger partial charge >= 0.3 is 0 Å². The molecule has 1 N–H and O–H groups in total. The van der Waals surface area contributed by atoms with Crippen LogP contribution in [0.25, 0.3) is 11.0 Å². The first kappa shape index (κ1) is 14.9. The molecule has 3 nitrogen and oxygen atoms in total. The van der Waals surface area contributed by atoms with Gasteiger partial charge in [-0.25, -0.2) is 9.55 Å². The molecule has 114 valence electrons. The number of aromatic nitrogens is 2. The largest absolute Gasteiger partial charge is 0.489 e. The van der Waals surface area contributed by atoms with Gasteiger partial charge in [0.05, 0.1) is 5.92 Å². The molecule has 3 rings (SSSR count). The van der Waals surface area contributed by atoms with Crippen LogP contribution in [0.5, 0.6) is 5.75 Å². The Morgan fingerprint density at radius 1 is 1.09 bits per heavy atom. The number of fused-ring (bicyclic) bond motifs is 1. The first-order valence-corrected chi connectivity index (χ1v) is 7.92. The van der Waals surface area contributed by atoms with Gasteiger partial charge in [-0.2, -0.15) is 0 Å². The highest BCUT2D eigenvalue weighted by atomic mass is 35.5. The first-order chi connectivity index (χ1) is 10.6. The van der Waals surface area contributed by atoms with Crippen molar-refractivity contribution in [2.75, 3.05) is 6.61 Å². The van der Waals surface area contributed by atoms with Crippen LogP contribution in [0.3, 0.4) is 0 Å². The normalized spacial score (nSPS) is 11.3. The quantitative estimate of drug-likeness (QED) is 0.698. The van der Waals surface area contributed by atoms with E-state index in [-0.39, 0.29) is 0 Å². The fraction of sp³-hybridized carbons (Fsp3) is 0.278. The zero-order valence-electron chi connectivity index (χ0n) is 12.8. The zero-order valence-corrected chi connectivity index (χ0v) is 13.6. The van der Waals surface area contributed by atoms with E-state index in [1.54, 1.807) is 0 Å². The predicted octanol–water partition coefficient (Wildman–Crippen LogP) is 4.31. The minimum atomic E-state index is 0.433. The molecule has 0 unspecified atom stereocenters. The molecule has 0 spiro atoms. The number of hydrogen-bond acceptors (Lipinski definition) is 1. The lowest BCUT2D eigenvalue weighted by Gasteiger charge is -2.07. The van der Waals surface area contributed by atoms with Gasteiger partial charge in [0.1, 0.15) is 18.9 Å². The summed E-state index contributed by atoms with van der Waals surface area (Å²) in [6, 6.07) is 15.8. The van der Waals surface area contributed by atoms with E-state index in [0.717, 1.165) is 22.8 Å². The Balaban J connectivity index is 1.78. The van der Waals surface area contributed by atoms with E-state index in [1.807, 2.05) is 24.3 Å². The number of rotatable bonds is 5. The molecule has 0 amide bonds. The van der Waals surface area contributed by atoms with Gasteiger partial charge in [-0.3, -0.25) is 0 Å². The molecule has 3 aromatic rings. The van der Waals surface area contributed by atoms with Crippen LogP contribution < -0.4 is 9.30 Å². The van der Waals surface area contributed by atoms with Gasteiger partial charge in [0.15, 0.2) is 11.0 Å². The average Bonchev–Trinajstić information content (AvgIpc) is 2.89. The molecule has 2 aromatic carbocycles. The molecule has 0 saturated carbocycles. The Morgan fingerprint density at radius 3 is 2.55 bits per heavy atom. The number of ether oxygens (including phenoxy) is 1. The average molecular weight is 316 g/mol. The molecule has 0 aliphatic carbocycles. The number of benzene rings is 2. The maximum absolute atomic E-state index is 5.88. The molecule has 0 aliphatic rings. The molecule has 22 heavy (non-hydrogen) atoms. The van der Waals surface area contributed by atoms with Crippen LogP contribution in [0, 0.1) is 0 Å². The topological polar surface area (TPSA) is 28.9 Å². The van der Waals surface area contributed by atoms with Crippen molar-refractivity contribution in [1.82, 2.24) is 4.98 Å². The SMILES string of the molecule is CC(C)c1[nH]c2ccccc2[n+]1CCOc1ccc(Cl)cc1. The number of halogens is 1. The molecular formula is C18H20ClN2O+. The minimum Gasteiger partial charge on any atom is -0.489 e. The van der Waals surface area contributed by atoms with E-state index in [0.29, 0.717) is 12.5 Å². The summed E-state index contributed by atoms with van der Waals surface area (Å²) < 4.78 is 8.13. The van der Waals surface area contributed by atoms with E-state index < -0.39 is 0 Å². The number of hydrogen-bond donors (Lipinski definition) is 1. The maximum atomic E-state index is 5.88. The molecule has 1 heterocycles. The van der Waals surface area contributed by atoms with Crippen LogP contribution in [-0.2, 0) is 6.54 Å². The summed E-state index contributed by atoms with van der Waals surface area (Å²) in [5, 5.41) is 0.723. The third kappa shape index (κ3) is 3.09. The van der Waals surface area contributed by atoms with Crippen molar-refractivity contribution in [1.29, 1.82) is 0 Å². The summed E-state index contributed by atoms with van der Waals surface area (Å²) in [5.41, 5.74) is 2.38. The maximum Gasteiger partial charge on any atom is 0.257 e. The van der Waals surface area contributed by atoms with E-state index in [9.17, 15) is 0 Å². The van der Waals surface area contributed by atoms with Crippen molar-refractivity contribution in [3.63, 3.8) is 0 Å². The van der Waals surface area contributed by atoms with Gasteiger partial charge in [0.25, 0.3) is 5.82 Å². The number of para-hydroxylation sites is 2. The van der Waals surface area contributed by atoms with E-state index in [2.05, 4.69) is 47.7 Å². The smallest absolute Gasteiger partial charge is 0.257 e.